The molecule has 1 heterocycles. The van der Waals surface area contributed by atoms with Crippen molar-refractivity contribution in [3.05, 3.63) is 29.3 Å². The molecule has 0 spiro atoms. The molecule has 1 atom stereocenters. The van der Waals surface area contributed by atoms with Gasteiger partial charge in [-0.3, -0.25) is 0 Å². The van der Waals surface area contributed by atoms with Gasteiger partial charge in [0.2, 0.25) is 0 Å². The maximum absolute atomic E-state index is 2.49. The summed E-state index contributed by atoms with van der Waals surface area (Å²) in [5, 5.41) is 0.931. The van der Waals surface area contributed by atoms with Crippen molar-refractivity contribution in [3.8, 4) is 0 Å². The van der Waals surface area contributed by atoms with Crippen molar-refractivity contribution in [3.63, 3.8) is 0 Å². The molecule has 1 aromatic rings. The molecule has 1 saturated carbocycles. The summed E-state index contributed by atoms with van der Waals surface area (Å²) in [6.07, 6.45) is 8.46. The van der Waals surface area contributed by atoms with E-state index in [4.69, 9.17) is 0 Å². The van der Waals surface area contributed by atoms with Gasteiger partial charge in [0.1, 0.15) is 0 Å². The van der Waals surface area contributed by atoms with E-state index in [2.05, 4.69) is 58.0 Å². The van der Waals surface area contributed by atoms with Crippen molar-refractivity contribution < 1.29 is 0 Å². The van der Waals surface area contributed by atoms with Gasteiger partial charge in [-0.1, -0.05) is 70.0 Å². The first-order valence-electron chi connectivity index (χ1n) is 8.65. The van der Waals surface area contributed by atoms with Crippen LogP contribution in [0, 0.1) is 0 Å². The summed E-state index contributed by atoms with van der Waals surface area (Å²) in [7, 11) is 2.40. The lowest BCUT2D eigenvalue weighted by Gasteiger charge is -2.24. The number of rotatable bonds is 4. The molecule has 113 valence electrons. The first-order valence-corrected chi connectivity index (χ1v) is 9.70. The van der Waals surface area contributed by atoms with E-state index < -0.39 is 0 Å². The number of hydrogen-bond donors (Lipinski definition) is 0. The van der Waals surface area contributed by atoms with E-state index in [-0.39, 0.29) is 0 Å². The quantitative estimate of drug-likeness (QED) is 0.713. The summed E-state index contributed by atoms with van der Waals surface area (Å²) < 4.78 is 0. The van der Waals surface area contributed by atoms with Crippen LogP contribution in [-0.4, -0.2) is 18.3 Å². The summed E-state index contributed by atoms with van der Waals surface area (Å²) in [5.74, 6) is 1.96. The highest BCUT2D eigenvalue weighted by Crippen LogP contribution is 2.35. The van der Waals surface area contributed by atoms with Crippen LogP contribution in [0.15, 0.2) is 18.2 Å². The minimum absolute atomic E-state index is 0.335. The minimum atomic E-state index is 0.335. The topological polar surface area (TPSA) is 0 Å². The molecule has 0 bridgehead atoms. The molecule has 21 heavy (non-hydrogen) atoms. The normalized spacial score (nSPS) is 22.6. The zero-order valence-electron chi connectivity index (χ0n) is 13.8. The van der Waals surface area contributed by atoms with Gasteiger partial charge >= 0.3 is 0 Å². The largest absolute Gasteiger partial charge is 0.158 e. The monoisotopic (exact) mass is 299 g/mol. The number of hydrogen-bond acceptors (Lipinski definition) is 1. The van der Waals surface area contributed by atoms with Crippen LogP contribution in [0.1, 0.15) is 69.9 Å². The van der Waals surface area contributed by atoms with Crippen molar-refractivity contribution in [2.75, 3.05) is 5.75 Å². The fraction of sp³-hybridized carbons (Fsp3) is 0.684. The molecule has 3 rings (SSSR count). The Morgan fingerprint density at radius 3 is 2.76 bits per heavy atom. The third kappa shape index (κ3) is 3.52. The molecule has 2 heteroatoms. The van der Waals surface area contributed by atoms with E-state index in [1.165, 1.54) is 49.6 Å². The molecule has 1 radical (unpaired) electrons. The zero-order valence-corrected chi connectivity index (χ0v) is 14.6. The van der Waals surface area contributed by atoms with Crippen LogP contribution in [0.25, 0.3) is 0 Å². The molecule has 1 fully saturated rings. The van der Waals surface area contributed by atoms with Crippen LogP contribution in [0.3, 0.4) is 0 Å². The van der Waals surface area contributed by atoms with E-state index in [1.807, 2.05) is 0 Å². The average molecular weight is 299 g/mol. The van der Waals surface area contributed by atoms with Crippen molar-refractivity contribution in [2.45, 2.75) is 75.8 Å². The molecular weight excluding hydrogens is 271 g/mol. The second kappa shape index (κ2) is 6.40. The van der Waals surface area contributed by atoms with Gasteiger partial charge in [-0.25, -0.2) is 0 Å². The van der Waals surface area contributed by atoms with Gasteiger partial charge in [-0.2, -0.15) is 11.8 Å². The van der Waals surface area contributed by atoms with Crippen molar-refractivity contribution in [1.82, 2.24) is 0 Å². The zero-order chi connectivity index (χ0) is 14.9. The van der Waals surface area contributed by atoms with Gasteiger partial charge in [0.05, 0.1) is 0 Å². The number of benzene rings is 1. The predicted molar refractivity (Wildman–Crippen MR) is 97.4 cm³/mol. The maximum atomic E-state index is 2.49. The lowest BCUT2D eigenvalue weighted by atomic mass is 9.69. The van der Waals surface area contributed by atoms with Crippen LogP contribution in [-0.2, 0) is 5.41 Å². The third-order valence-corrected chi connectivity index (χ3v) is 6.98. The third-order valence-electron chi connectivity index (χ3n) is 5.34. The first kappa shape index (κ1) is 15.5. The van der Waals surface area contributed by atoms with Crippen molar-refractivity contribution in [1.29, 1.82) is 0 Å². The van der Waals surface area contributed by atoms with Crippen molar-refractivity contribution >= 4 is 24.5 Å². The van der Waals surface area contributed by atoms with Crippen LogP contribution in [0.2, 0.25) is 6.32 Å². The van der Waals surface area contributed by atoms with E-state index in [0.717, 1.165) is 5.25 Å². The van der Waals surface area contributed by atoms with Crippen LogP contribution >= 0.6 is 11.8 Å². The average Bonchev–Trinajstić information content (AvgIpc) is 2.81. The lowest BCUT2D eigenvalue weighted by molar-refractivity contribution is 0.515. The highest BCUT2D eigenvalue weighted by molar-refractivity contribution is 7.99. The van der Waals surface area contributed by atoms with Gasteiger partial charge in [0, 0.05) is 11.0 Å². The molecule has 2 aliphatic rings. The van der Waals surface area contributed by atoms with Gasteiger partial charge in [-0.05, 0) is 35.3 Å². The van der Waals surface area contributed by atoms with Gasteiger partial charge in [0.15, 0.2) is 7.28 Å². The Kier molecular flexibility index (Phi) is 4.73. The molecule has 1 aliphatic heterocycles. The maximum Gasteiger partial charge on any atom is 0.152 e. The summed E-state index contributed by atoms with van der Waals surface area (Å²) in [6, 6.07) is 7.20. The Labute approximate surface area is 135 Å². The predicted octanol–water partition coefficient (Wildman–Crippen LogP) is 4.90. The van der Waals surface area contributed by atoms with Crippen molar-refractivity contribution in [2.24, 2.45) is 0 Å². The van der Waals surface area contributed by atoms with Gasteiger partial charge in [0.25, 0.3) is 0 Å². The lowest BCUT2D eigenvalue weighted by Crippen LogP contribution is -2.17. The molecule has 0 amide bonds. The van der Waals surface area contributed by atoms with E-state index in [0.29, 0.717) is 11.3 Å². The minimum Gasteiger partial charge on any atom is -0.158 e. The highest BCUT2D eigenvalue weighted by Gasteiger charge is 2.30. The van der Waals surface area contributed by atoms with Crippen LogP contribution < -0.4 is 5.46 Å². The molecule has 0 aromatic heterocycles. The Morgan fingerprint density at radius 2 is 2.00 bits per heavy atom. The van der Waals surface area contributed by atoms with E-state index in [1.54, 1.807) is 11.1 Å². The number of fused-ring (bicyclic) bond motifs is 1. The SMILES string of the molecule is CC(CSC1CCCCC1)c1ccc2c(c1)C(C)(C)C[B]2. The Bertz CT molecular complexity index is 488. The molecule has 1 unspecified atom stereocenters. The summed E-state index contributed by atoms with van der Waals surface area (Å²) >= 11 is 2.23. The summed E-state index contributed by atoms with van der Waals surface area (Å²) in [6.45, 7) is 7.16. The highest BCUT2D eigenvalue weighted by atomic mass is 32.2. The fourth-order valence-electron chi connectivity index (χ4n) is 3.73. The standard InChI is InChI=1S/C19H28BS/c1-14(12-21-16-7-5-4-6-8-16)15-9-10-18-17(11-15)19(2,3)13-20-18/h9-11,14,16H,4-8,12-13H2,1-3H3. The Morgan fingerprint density at radius 1 is 1.24 bits per heavy atom. The van der Waals surface area contributed by atoms with Gasteiger partial charge in [-0.15, -0.1) is 0 Å². The number of thioether (sulfide) groups is 1. The van der Waals surface area contributed by atoms with E-state index in [9.17, 15) is 0 Å². The molecule has 0 nitrogen and oxygen atoms in total. The first-order chi connectivity index (χ1) is 10.1. The summed E-state index contributed by atoms with van der Waals surface area (Å²) in [5.41, 5.74) is 4.91. The Balaban J connectivity index is 1.63. The fourth-order valence-corrected chi connectivity index (χ4v) is 5.15. The Hall–Kier alpha value is -0.365. The molecule has 1 aromatic carbocycles. The molecular formula is C19H28BS. The molecule has 1 aliphatic carbocycles. The summed E-state index contributed by atoms with van der Waals surface area (Å²) in [4.78, 5) is 0. The second-order valence-electron chi connectivity index (χ2n) is 7.63. The van der Waals surface area contributed by atoms with E-state index >= 15 is 0 Å². The second-order valence-corrected chi connectivity index (χ2v) is 8.97. The molecule has 0 N–H and O–H groups in total. The van der Waals surface area contributed by atoms with Crippen LogP contribution in [0.4, 0.5) is 0 Å². The smallest absolute Gasteiger partial charge is 0.152 e. The molecule has 0 saturated heterocycles. The van der Waals surface area contributed by atoms with Gasteiger partial charge < -0.3 is 0 Å². The van der Waals surface area contributed by atoms with Crippen LogP contribution in [0.5, 0.6) is 0 Å².